The van der Waals surface area contributed by atoms with Crippen molar-refractivity contribution in [1.82, 2.24) is 9.78 Å². The average Bonchev–Trinajstić information content (AvgIpc) is 2.98. The molecular weight excluding hydrogens is 316 g/mol. The van der Waals surface area contributed by atoms with Crippen molar-refractivity contribution in [2.24, 2.45) is 0 Å². The van der Waals surface area contributed by atoms with E-state index in [0.717, 1.165) is 26.9 Å². The quantitative estimate of drug-likeness (QED) is 0.794. The van der Waals surface area contributed by atoms with Crippen LogP contribution in [0.3, 0.4) is 0 Å². The van der Waals surface area contributed by atoms with E-state index in [4.69, 9.17) is 0 Å². The second-order valence-electron chi connectivity index (χ2n) is 4.47. The molecule has 0 bridgehead atoms. The number of nitrogens with zero attached hydrogens (tertiary/aromatic N) is 2. The SMILES string of the molecule is OCc1ccc(Br)cc1-n1cc(-c2ccccc2)cn1. The zero-order chi connectivity index (χ0) is 13.9. The normalized spacial score (nSPS) is 10.7. The van der Waals surface area contributed by atoms with Gasteiger partial charge in [-0.15, -0.1) is 0 Å². The fourth-order valence-electron chi connectivity index (χ4n) is 2.12. The van der Waals surface area contributed by atoms with Crippen LogP contribution in [-0.2, 0) is 6.61 Å². The molecule has 4 heteroatoms. The summed E-state index contributed by atoms with van der Waals surface area (Å²) in [5.41, 5.74) is 3.90. The summed E-state index contributed by atoms with van der Waals surface area (Å²) in [6, 6.07) is 15.9. The molecule has 100 valence electrons. The first-order chi connectivity index (χ1) is 9.78. The van der Waals surface area contributed by atoms with Crippen LogP contribution in [-0.4, -0.2) is 14.9 Å². The summed E-state index contributed by atoms with van der Waals surface area (Å²) in [4.78, 5) is 0. The third-order valence-electron chi connectivity index (χ3n) is 3.15. The van der Waals surface area contributed by atoms with Gasteiger partial charge in [-0.25, -0.2) is 4.68 Å². The Morgan fingerprint density at radius 2 is 1.85 bits per heavy atom. The van der Waals surface area contributed by atoms with Crippen molar-refractivity contribution in [3.63, 3.8) is 0 Å². The Bertz CT molecular complexity index is 722. The smallest absolute Gasteiger partial charge is 0.0712 e. The molecule has 0 aliphatic rings. The minimum Gasteiger partial charge on any atom is -0.392 e. The van der Waals surface area contributed by atoms with Gasteiger partial charge in [-0.3, -0.25) is 0 Å². The first-order valence-corrected chi connectivity index (χ1v) is 7.07. The number of benzene rings is 2. The van der Waals surface area contributed by atoms with E-state index in [0.29, 0.717) is 0 Å². The van der Waals surface area contributed by atoms with Crippen LogP contribution in [0.1, 0.15) is 5.56 Å². The van der Waals surface area contributed by atoms with Crippen LogP contribution in [0.4, 0.5) is 0 Å². The molecule has 0 aliphatic heterocycles. The van der Waals surface area contributed by atoms with Crippen molar-refractivity contribution in [3.05, 3.63) is 71.0 Å². The molecule has 3 aromatic rings. The Balaban J connectivity index is 2.04. The predicted molar refractivity (Wildman–Crippen MR) is 82.6 cm³/mol. The molecule has 2 aromatic carbocycles. The molecule has 0 fully saturated rings. The molecule has 1 heterocycles. The second kappa shape index (κ2) is 5.61. The summed E-state index contributed by atoms with van der Waals surface area (Å²) in [6.07, 6.45) is 3.80. The highest BCUT2D eigenvalue weighted by molar-refractivity contribution is 9.10. The maximum Gasteiger partial charge on any atom is 0.0712 e. The molecule has 0 amide bonds. The van der Waals surface area contributed by atoms with Crippen molar-refractivity contribution in [1.29, 1.82) is 0 Å². The number of hydrogen-bond donors (Lipinski definition) is 1. The van der Waals surface area contributed by atoms with Crippen LogP contribution in [0, 0.1) is 0 Å². The van der Waals surface area contributed by atoms with Gasteiger partial charge in [0.05, 0.1) is 18.5 Å². The molecule has 1 N–H and O–H groups in total. The first-order valence-electron chi connectivity index (χ1n) is 6.27. The van der Waals surface area contributed by atoms with E-state index >= 15 is 0 Å². The molecule has 0 unspecified atom stereocenters. The second-order valence-corrected chi connectivity index (χ2v) is 5.39. The van der Waals surface area contributed by atoms with E-state index in [-0.39, 0.29) is 6.61 Å². The molecule has 0 atom stereocenters. The van der Waals surface area contributed by atoms with E-state index < -0.39 is 0 Å². The Labute approximate surface area is 125 Å². The molecular formula is C16H13BrN2O. The van der Waals surface area contributed by atoms with Crippen LogP contribution >= 0.6 is 15.9 Å². The molecule has 0 saturated heterocycles. The van der Waals surface area contributed by atoms with Gasteiger partial charge in [0.25, 0.3) is 0 Å². The largest absolute Gasteiger partial charge is 0.392 e. The van der Waals surface area contributed by atoms with Crippen LogP contribution < -0.4 is 0 Å². The Hall–Kier alpha value is -1.91. The third-order valence-corrected chi connectivity index (χ3v) is 3.65. The average molecular weight is 329 g/mol. The fraction of sp³-hybridized carbons (Fsp3) is 0.0625. The fourth-order valence-corrected chi connectivity index (χ4v) is 2.47. The lowest BCUT2D eigenvalue weighted by atomic mass is 10.1. The highest BCUT2D eigenvalue weighted by atomic mass is 79.9. The van der Waals surface area contributed by atoms with Crippen molar-refractivity contribution in [3.8, 4) is 16.8 Å². The van der Waals surface area contributed by atoms with Crippen molar-refractivity contribution < 1.29 is 5.11 Å². The van der Waals surface area contributed by atoms with Gasteiger partial charge in [-0.05, 0) is 17.7 Å². The maximum absolute atomic E-state index is 9.44. The number of hydrogen-bond acceptors (Lipinski definition) is 2. The Morgan fingerprint density at radius 1 is 1.05 bits per heavy atom. The summed E-state index contributed by atoms with van der Waals surface area (Å²) < 4.78 is 2.75. The highest BCUT2D eigenvalue weighted by Gasteiger charge is 2.07. The van der Waals surface area contributed by atoms with Gasteiger partial charge in [0.1, 0.15) is 0 Å². The lowest BCUT2D eigenvalue weighted by Gasteiger charge is -2.07. The summed E-state index contributed by atoms with van der Waals surface area (Å²) in [7, 11) is 0. The minimum absolute atomic E-state index is 0.0108. The molecule has 0 spiro atoms. The van der Waals surface area contributed by atoms with Crippen LogP contribution in [0.15, 0.2) is 65.4 Å². The van der Waals surface area contributed by atoms with E-state index in [2.05, 4.69) is 33.2 Å². The van der Waals surface area contributed by atoms with Gasteiger partial charge in [0.2, 0.25) is 0 Å². The molecule has 0 saturated carbocycles. The number of aliphatic hydroxyl groups is 1. The van der Waals surface area contributed by atoms with Crippen molar-refractivity contribution in [2.45, 2.75) is 6.61 Å². The van der Waals surface area contributed by atoms with Crippen LogP contribution in [0.5, 0.6) is 0 Å². The number of aromatic nitrogens is 2. The Morgan fingerprint density at radius 3 is 2.60 bits per heavy atom. The summed E-state index contributed by atoms with van der Waals surface area (Å²) >= 11 is 3.45. The Kier molecular flexibility index (Phi) is 3.67. The van der Waals surface area contributed by atoms with E-state index in [1.165, 1.54) is 0 Å². The van der Waals surface area contributed by atoms with Crippen LogP contribution in [0.2, 0.25) is 0 Å². The van der Waals surface area contributed by atoms with E-state index in [9.17, 15) is 5.11 Å². The lowest BCUT2D eigenvalue weighted by molar-refractivity contribution is 0.281. The van der Waals surface area contributed by atoms with Gasteiger partial charge < -0.3 is 5.11 Å². The molecule has 3 nitrogen and oxygen atoms in total. The first kappa shape index (κ1) is 13.1. The number of rotatable bonds is 3. The topological polar surface area (TPSA) is 38.0 Å². The van der Waals surface area contributed by atoms with Gasteiger partial charge >= 0.3 is 0 Å². The van der Waals surface area contributed by atoms with Gasteiger partial charge in [-0.1, -0.05) is 52.3 Å². The zero-order valence-electron chi connectivity index (χ0n) is 10.7. The maximum atomic E-state index is 9.44. The monoisotopic (exact) mass is 328 g/mol. The van der Waals surface area contributed by atoms with Gasteiger partial charge in [0, 0.05) is 21.8 Å². The molecule has 0 aliphatic carbocycles. The molecule has 1 aromatic heterocycles. The summed E-state index contributed by atoms with van der Waals surface area (Å²) in [5, 5.41) is 13.8. The van der Waals surface area contributed by atoms with E-state index in [1.54, 1.807) is 4.68 Å². The predicted octanol–water partition coefficient (Wildman–Crippen LogP) is 3.79. The molecule has 20 heavy (non-hydrogen) atoms. The van der Waals surface area contributed by atoms with Crippen molar-refractivity contribution >= 4 is 15.9 Å². The van der Waals surface area contributed by atoms with E-state index in [1.807, 2.05) is 48.8 Å². The molecule has 3 rings (SSSR count). The third kappa shape index (κ3) is 2.53. The highest BCUT2D eigenvalue weighted by Crippen LogP contribution is 2.23. The van der Waals surface area contributed by atoms with Gasteiger partial charge in [0.15, 0.2) is 0 Å². The zero-order valence-corrected chi connectivity index (χ0v) is 12.3. The standard InChI is InChI=1S/C16H13BrN2O/c17-15-7-6-13(11-20)16(8-15)19-10-14(9-18-19)12-4-2-1-3-5-12/h1-10,20H,11H2. The van der Waals surface area contributed by atoms with Crippen LogP contribution in [0.25, 0.3) is 16.8 Å². The number of aliphatic hydroxyl groups excluding tert-OH is 1. The van der Waals surface area contributed by atoms with Gasteiger partial charge in [-0.2, -0.15) is 5.10 Å². The number of halogens is 1. The van der Waals surface area contributed by atoms with Crippen molar-refractivity contribution in [2.75, 3.05) is 0 Å². The minimum atomic E-state index is -0.0108. The lowest BCUT2D eigenvalue weighted by Crippen LogP contribution is -2.00. The molecule has 0 radical (unpaired) electrons. The summed E-state index contributed by atoms with van der Waals surface area (Å²) in [6.45, 7) is -0.0108. The summed E-state index contributed by atoms with van der Waals surface area (Å²) in [5.74, 6) is 0.